The van der Waals surface area contributed by atoms with Crippen LogP contribution >= 0.6 is 0 Å². The van der Waals surface area contributed by atoms with E-state index in [1.807, 2.05) is 0 Å². The van der Waals surface area contributed by atoms with E-state index in [0.717, 1.165) is -0.511 Å². The molecule has 0 saturated carbocycles. The first-order chi connectivity index (χ1) is 9.14. The van der Waals surface area contributed by atoms with Gasteiger partial charge in [-0.2, -0.15) is 0 Å². The summed E-state index contributed by atoms with van der Waals surface area (Å²) in [5.74, 6) is -2.19. The number of ether oxygens (including phenoxy) is 1. The van der Waals surface area contributed by atoms with Crippen molar-refractivity contribution in [1.29, 1.82) is 0 Å². The van der Waals surface area contributed by atoms with E-state index in [2.05, 4.69) is 4.74 Å². The minimum absolute atomic E-state index is 0.0551. The molecule has 1 unspecified atom stereocenters. The van der Waals surface area contributed by atoms with Gasteiger partial charge in [0, 0.05) is 6.08 Å². The summed E-state index contributed by atoms with van der Waals surface area (Å²) in [6.07, 6.45) is 3.41. The van der Waals surface area contributed by atoms with E-state index >= 15 is 0 Å². The Balaban J connectivity index is 0. The Kier molecular flexibility index (Phi) is 14.8. The summed E-state index contributed by atoms with van der Waals surface area (Å²) in [7, 11) is -3.65. The van der Waals surface area contributed by atoms with Gasteiger partial charge in [0.15, 0.2) is 0 Å². The first-order valence-electron chi connectivity index (χ1n) is 6.11. The van der Waals surface area contributed by atoms with E-state index in [4.69, 9.17) is 9.66 Å². The first kappa shape index (κ1) is 22.7. The van der Waals surface area contributed by atoms with Crippen molar-refractivity contribution in [3.8, 4) is 0 Å². The van der Waals surface area contributed by atoms with E-state index in [1.54, 1.807) is 6.92 Å². The third kappa shape index (κ3) is 18.4. The molecule has 0 heterocycles. The summed E-state index contributed by atoms with van der Waals surface area (Å²) in [5.41, 5.74) is 0. The SMILES string of the molecule is CC=CC(=O)OCC(C)C(=O)O.O=S(=O)(O)CC[CH2][Rb]. The molecule has 0 aromatic rings. The molecule has 20 heavy (non-hydrogen) atoms. The van der Waals surface area contributed by atoms with Crippen LogP contribution in [-0.4, -0.2) is 97.9 Å². The molecule has 7 nitrogen and oxygen atoms in total. The van der Waals surface area contributed by atoms with Crippen LogP contribution in [0.4, 0.5) is 0 Å². The molecule has 112 valence electrons. The molecule has 0 saturated heterocycles. The Morgan fingerprint density at radius 1 is 1.40 bits per heavy atom. The first-order valence-corrected chi connectivity index (χ1v) is 11.2. The van der Waals surface area contributed by atoms with Crippen molar-refractivity contribution < 1.29 is 32.4 Å². The van der Waals surface area contributed by atoms with Gasteiger partial charge in [0.05, 0.1) is 5.92 Å². The molecular weight excluding hydrogens is 362 g/mol. The average molecular weight is 381 g/mol. The molecular formula is C11H19O7RbS. The van der Waals surface area contributed by atoms with Gasteiger partial charge < -0.3 is 9.84 Å². The Bertz CT molecular complexity index is 416. The zero-order chi connectivity index (χ0) is 16.2. The minimum atomic E-state index is -3.65. The van der Waals surface area contributed by atoms with E-state index < -0.39 is 28.0 Å². The fraction of sp³-hybridized carbons (Fsp3) is 0.636. The average Bonchev–Trinajstić information content (AvgIpc) is 2.33. The topological polar surface area (TPSA) is 118 Å². The number of aliphatic carboxylic acids is 1. The number of carboxylic acid groups (broad SMARTS) is 1. The Morgan fingerprint density at radius 3 is 2.25 bits per heavy atom. The molecule has 0 aromatic carbocycles. The molecule has 0 spiro atoms. The third-order valence-corrected chi connectivity index (χ3v) is 4.50. The molecule has 0 bridgehead atoms. The molecule has 2 N–H and O–H groups in total. The maximum atomic E-state index is 10.7. The van der Waals surface area contributed by atoms with Crippen molar-refractivity contribution in [3.63, 3.8) is 0 Å². The second-order valence-electron chi connectivity index (χ2n) is 4.01. The summed E-state index contributed by atoms with van der Waals surface area (Å²) in [6, 6.07) is 0. The van der Waals surface area contributed by atoms with Crippen LogP contribution < -0.4 is 0 Å². The van der Waals surface area contributed by atoms with Gasteiger partial charge in [-0.25, -0.2) is 4.79 Å². The normalized spacial score (nSPS) is 12.4. The van der Waals surface area contributed by atoms with Crippen LogP contribution in [0.15, 0.2) is 12.2 Å². The summed E-state index contributed by atoms with van der Waals surface area (Å²) >= 11 is 0.567. The maximum absolute atomic E-state index is 10.7. The summed E-state index contributed by atoms with van der Waals surface area (Å²) in [4.78, 5) is 20.9. The number of hydrogen-bond donors (Lipinski definition) is 2. The molecule has 9 heteroatoms. The van der Waals surface area contributed by atoms with E-state index in [1.165, 1.54) is 19.1 Å². The second-order valence-corrected chi connectivity index (χ2v) is 8.04. The standard InChI is InChI=1S/C8H12O4.C3H7O3S.Rb/c1-3-4-7(9)12-5-6(2)8(10)11;1-2-3-7(4,5)6;/h3-4,6H,5H2,1-2H3,(H,10,11);1-3H2,(H,4,5,6);. The van der Waals surface area contributed by atoms with Crippen molar-refractivity contribution in [2.45, 2.75) is 19.8 Å². The van der Waals surface area contributed by atoms with Gasteiger partial charge in [0.1, 0.15) is 6.61 Å². The van der Waals surface area contributed by atoms with E-state index in [0.29, 0.717) is 62.0 Å². The van der Waals surface area contributed by atoms with Crippen molar-refractivity contribution in [2.75, 3.05) is 12.4 Å². The number of carboxylic acids is 1. The number of hydrogen-bond acceptors (Lipinski definition) is 5. The van der Waals surface area contributed by atoms with Crippen molar-refractivity contribution in [1.82, 2.24) is 0 Å². The van der Waals surface area contributed by atoms with Gasteiger partial charge in [-0.05, 0) is 13.8 Å². The number of allylic oxidation sites excluding steroid dienone is 1. The molecule has 0 aliphatic rings. The monoisotopic (exact) mass is 380 g/mol. The van der Waals surface area contributed by atoms with Crippen molar-refractivity contribution in [2.24, 2.45) is 5.92 Å². The number of carbonyl (C=O) groups is 2. The van der Waals surface area contributed by atoms with Gasteiger partial charge in [0.25, 0.3) is 0 Å². The zero-order valence-electron chi connectivity index (χ0n) is 11.9. The van der Waals surface area contributed by atoms with Gasteiger partial charge in [-0.15, -0.1) is 0 Å². The van der Waals surface area contributed by atoms with Gasteiger partial charge in [-0.3, -0.25) is 4.79 Å². The van der Waals surface area contributed by atoms with Crippen LogP contribution in [0.3, 0.4) is 0 Å². The molecule has 0 aliphatic carbocycles. The van der Waals surface area contributed by atoms with Crippen LogP contribution in [-0.2, 0) is 24.4 Å². The molecule has 0 rings (SSSR count). The number of rotatable bonds is 7. The predicted molar refractivity (Wildman–Crippen MR) is 74.2 cm³/mol. The Labute approximate surface area is 158 Å². The molecule has 0 fully saturated rings. The predicted octanol–water partition coefficient (Wildman–Crippen LogP) is 0.677. The number of carbonyl (C=O) groups excluding carboxylic acids is 1. The van der Waals surface area contributed by atoms with Gasteiger partial charge >= 0.3 is 102 Å². The van der Waals surface area contributed by atoms with Crippen molar-refractivity contribution >= 4 is 77.6 Å². The molecule has 0 aliphatic heterocycles. The Morgan fingerprint density at radius 2 is 1.95 bits per heavy atom. The quantitative estimate of drug-likeness (QED) is 0.378. The van der Waals surface area contributed by atoms with Crippen LogP contribution in [0.5, 0.6) is 0 Å². The summed E-state index contributed by atoms with van der Waals surface area (Å²) < 4.78 is 33.7. The molecule has 0 radical (unpaired) electrons. The fourth-order valence-electron chi connectivity index (χ4n) is 0.789. The molecule has 0 aromatic heterocycles. The zero-order valence-corrected chi connectivity index (χ0v) is 17.6. The fourth-order valence-corrected chi connectivity index (χ4v) is 3.57. The molecule has 1 atom stereocenters. The van der Waals surface area contributed by atoms with E-state index in [9.17, 15) is 18.0 Å². The number of esters is 1. The summed E-state index contributed by atoms with van der Waals surface area (Å²) in [5, 5.41) is 8.42. The van der Waals surface area contributed by atoms with Crippen LogP contribution in [0.1, 0.15) is 20.3 Å². The summed E-state index contributed by atoms with van der Waals surface area (Å²) in [6.45, 7) is 3.08. The second kappa shape index (κ2) is 13.1. The van der Waals surface area contributed by atoms with Crippen LogP contribution in [0.25, 0.3) is 0 Å². The van der Waals surface area contributed by atoms with Gasteiger partial charge in [0.2, 0.25) is 0 Å². The molecule has 0 amide bonds. The van der Waals surface area contributed by atoms with E-state index in [-0.39, 0.29) is 12.4 Å². The third-order valence-electron chi connectivity index (χ3n) is 1.96. The van der Waals surface area contributed by atoms with Crippen LogP contribution in [0.2, 0.25) is -0.511 Å². The van der Waals surface area contributed by atoms with Crippen molar-refractivity contribution in [3.05, 3.63) is 12.2 Å². The van der Waals surface area contributed by atoms with Gasteiger partial charge in [-0.1, -0.05) is 6.08 Å². The Hall–Kier alpha value is 0.395. The van der Waals surface area contributed by atoms with Crippen LogP contribution in [0, 0.1) is 5.92 Å².